The summed E-state index contributed by atoms with van der Waals surface area (Å²) < 4.78 is 28.4. The lowest BCUT2D eigenvalue weighted by Crippen LogP contribution is -2.43. The molecule has 3 aromatic rings. The first-order valence-corrected chi connectivity index (χ1v) is 16.8. The highest BCUT2D eigenvalue weighted by atomic mass is 35.5. The van der Waals surface area contributed by atoms with E-state index >= 15 is 0 Å². The van der Waals surface area contributed by atoms with Crippen molar-refractivity contribution in [1.82, 2.24) is 29.4 Å². The molecule has 0 unspecified atom stereocenters. The predicted octanol–water partition coefficient (Wildman–Crippen LogP) is 4.69. The summed E-state index contributed by atoms with van der Waals surface area (Å²) in [5, 5.41) is 22.0. The summed E-state index contributed by atoms with van der Waals surface area (Å²) in [4.78, 5) is 12.6. The first kappa shape index (κ1) is 30.0. The van der Waals surface area contributed by atoms with E-state index in [1.165, 1.54) is 6.20 Å². The Bertz CT molecular complexity index is 1610. The molecule has 0 radical (unpaired) electrons. The first-order chi connectivity index (χ1) is 20.6. The molecule has 43 heavy (non-hydrogen) atoms. The zero-order chi connectivity index (χ0) is 30.2. The average Bonchev–Trinajstić information content (AvgIpc) is 3.75. The van der Waals surface area contributed by atoms with Gasteiger partial charge in [0.15, 0.2) is 0 Å². The minimum absolute atomic E-state index is 0.0415. The molecular weight excluding hydrogens is 588 g/mol. The van der Waals surface area contributed by atoms with Crippen molar-refractivity contribution in [2.45, 2.75) is 87.8 Å². The Kier molecular flexibility index (Phi) is 8.45. The minimum atomic E-state index is -3.16. The van der Waals surface area contributed by atoms with Crippen LogP contribution in [-0.4, -0.2) is 73.6 Å². The standard InChI is InChI=1S/C30H37ClN8O3S/c1-30(40)11-7-22(8-12-30)33-16-20-3-6-27(25(31)15-20)39-19-21(17-35-39)28-26(32-2)18-34-29(37-28)36-23-9-13-38(14-10-23)43(41,42)24-4-5-24/h3,6,15,17-19,22-24,33,40H,4-5,7-14,16H2,1H3,(H,34,36,37). The van der Waals surface area contributed by atoms with Crippen LogP contribution in [0.2, 0.25) is 5.02 Å². The number of aromatic nitrogens is 4. The molecule has 2 aliphatic carbocycles. The molecule has 0 spiro atoms. The topological polar surface area (TPSA) is 130 Å². The van der Waals surface area contributed by atoms with Crippen LogP contribution < -0.4 is 10.6 Å². The number of nitrogens with one attached hydrogen (secondary N) is 2. The SMILES string of the molecule is [C-]#[N+]c1cnc(NC2CCN(S(=O)(=O)C3CC3)CC2)nc1-c1cnn(-c2ccc(CNC3CCC(C)(O)CC3)cc2Cl)c1. The number of nitrogens with zero attached hydrogens (tertiary/aromatic N) is 6. The fourth-order valence-corrected chi connectivity index (χ4v) is 8.05. The quantitative estimate of drug-likeness (QED) is 0.293. The molecule has 1 aromatic carbocycles. The van der Waals surface area contributed by atoms with Gasteiger partial charge in [0.25, 0.3) is 0 Å². The van der Waals surface area contributed by atoms with Crippen LogP contribution in [0.4, 0.5) is 11.6 Å². The van der Waals surface area contributed by atoms with Crippen LogP contribution in [0.25, 0.3) is 21.8 Å². The van der Waals surface area contributed by atoms with E-state index in [1.54, 1.807) is 21.4 Å². The molecule has 1 aliphatic heterocycles. The molecular formula is C30H37ClN8O3S. The van der Waals surface area contributed by atoms with Gasteiger partial charge in [0, 0.05) is 49.7 Å². The lowest BCUT2D eigenvalue weighted by atomic mass is 9.83. The van der Waals surface area contributed by atoms with E-state index in [4.69, 9.17) is 18.2 Å². The molecule has 13 heteroatoms. The maximum absolute atomic E-state index is 12.6. The molecule has 0 bridgehead atoms. The van der Waals surface area contributed by atoms with E-state index in [0.717, 1.165) is 49.8 Å². The number of aliphatic hydroxyl groups is 1. The normalized spacial score (nSPS) is 23.6. The van der Waals surface area contributed by atoms with Crippen LogP contribution in [0, 0.1) is 6.57 Å². The maximum atomic E-state index is 12.6. The minimum Gasteiger partial charge on any atom is -0.390 e. The largest absolute Gasteiger partial charge is 0.390 e. The van der Waals surface area contributed by atoms with Crippen LogP contribution in [0.3, 0.4) is 0 Å². The van der Waals surface area contributed by atoms with E-state index in [0.29, 0.717) is 66.4 Å². The first-order valence-electron chi connectivity index (χ1n) is 14.9. The summed E-state index contributed by atoms with van der Waals surface area (Å²) in [5.41, 5.74) is 2.68. The smallest absolute Gasteiger partial charge is 0.231 e. The van der Waals surface area contributed by atoms with Gasteiger partial charge in [0.1, 0.15) is 0 Å². The number of sulfonamides is 1. The van der Waals surface area contributed by atoms with Crippen molar-refractivity contribution in [1.29, 1.82) is 0 Å². The van der Waals surface area contributed by atoms with Gasteiger partial charge in [-0.05, 0) is 76.0 Å². The molecule has 3 heterocycles. The molecule has 1 saturated heterocycles. The highest BCUT2D eigenvalue weighted by Crippen LogP contribution is 2.34. The summed E-state index contributed by atoms with van der Waals surface area (Å²) in [7, 11) is -3.16. The zero-order valence-electron chi connectivity index (χ0n) is 24.2. The Balaban J connectivity index is 1.10. The predicted molar refractivity (Wildman–Crippen MR) is 166 cm³/mol. The molecule has 3 N–H and O–H groups in total. The van der Waals surface area contributed by atoms with Gasteiger partial charge in [-0.25, -0.2) is 32.2 Å². The van der Waals surface area contributed by atoms with Gasteiger partial charge in [0.2, 0.25) is 21.7 Å². The number of anilines is 1. The van der Waals surface area contributed by atoms with Gasteiger partial charge in [-0.15, -0.1) is 0 Å². The average molecular weight is 625 g/mol. The highest BCUT2D eigenvalue weighted by Gasteiger charge is 2.41. The summed E-state index contributed by atoms with van der Waals surface area (Å²) in [6, 6.07) is 6.31. The Morgan fingerprint density at radius 1 is 1.12 bits per heavy atom. The summed E-state index contributed by atoms with van der Waals surface area (Å²) in [5.74, 6) is 0.398. The van der Waals surface area contributed by atoms with Crippen molar-refractivity contribution >= 4 is 33.3 Å². The van der Waals surface area contributed by atoms with Crippen molar-refractivity contribution in [3.8, 4) is 16.9 Å². The monoisotopic (exact) mass is 624 g/mol. The van der Waals surface area contributed by atoms with E-state index in [-0.39, 0.29) is 11.3 Å². The molecule has 0 amide bonds. The number of hydrogen-bond donors (Lipinski definition) is 3. The van der Waals surface area contributed by atoms with E-state index in [9.17, 15) is 13.5 Å². The molecule has 228 valence electrons. The fourth-order valence-electron chi connectivity index (χ4n) is 5.88. The maximum Gasteiger partial charge on any atom is 0.231 e. The van der Waals surface area contributed by atoms with Gasteiger partial charge in [0.05, 0.1) is 40.0 Å². The lowest BCUT2D eigenvalue weighted by molar-refractivity contribution is 0.0140. The van der Waals surface area contributed by atoms with Crippen molar-refractivity contribution in [2.75, 3.05) is 18.4 Å². The van der Waals surface area contributed by atoms with Gasteiger partial charge in [-0.2, -0.15) is 5.10 Å². The van der Waals surface area contributed by atoms with Crippen molar-refractivity contribution in [3.63, 3.8) is 0 Å². The van der Waals surface area contributed by atoms with Crippen molar-refractivity contribution in [2.24, 2.45) is 0 Å². The van der Waals surface area contributed by atoms with Crippen molar-refractivity contribution < 1.29 is 13.5 Å². The van der Waals surface area contributed by atoms with Gasteiger partial charge in [-0.3, -0.25) is 0 Å². The summed E-state index contributed by atoms with van der Waals surface area (Å²) in [6.45, 7) is 11.2. The third-order valence-corrected chi connectivity index (χ3v) is 11.5. The number of hydrogen-bond acceptors (Lipinski definition) is 8. The van der Waals surface area contributed by atoms with Gasteiger partial charge >= 0.3 is 0 Å². The number of halogens is 1. The molecule has 2 aromatic heterocycles. The lowest BCUT2D eigenvalue weighted by Gasteiger charge is -2.33. The Morgan fingerprint density at radius 2 is 1.86 bits per heavy atom. The second-order valence-electron chi connectivity index (χ2n) is 12.2. The van der Waals surface area contributed by atoms with Gasteiger partial charge in [-0.1, -0.05) is 17.7 Å². The third-order valence-electron chi connectivity index (χ3n) is 8.76. The molecule has 2 saturated carbocycles. The fraction of sp³-hybridized carbons (Fsp3) is 0.533. The Labute approximate surface area is 257 Å². The van der Waals surface area contributed by atoms with E-state index in [2.05, 4.69) is 30.5 Å². The van der Waals surface area contributed by atoms with E-state index < -0.39 is 15.6 Å². The number of piperidine rings is 1. The molecule has 3 aliphatic rings. The molecule has 0 atom stereocenters. The second kappa shape index (κ2) is 12.1. The highest BCUT2D eigenvalue weighted by molar-refractivity contribution is 7.90. The Morgan fingerprint density at radius 3 is 2.53 bits per heavy atom. The van der Waals surface area contributed by atoms with Crippen LogP contribution >= 0.6 is 11.6 Å². The third kappa shape index (κ3) is 6.86. The zero-order valence-corrected chi connectivity index (χ0v) is 25.8. The molecule has 3 fully saturated rings. The van der Waals surface area contributed by atoms with Crippen LogP contribution in [-0.2, 0) is 16.6 Å². The number of rotatable bonds is 9. The van der Waals surface area contributed by atoms with Crippen LogP contribution in [0.5, 0.6) is 0 Å². The molecule has 11 nitrogen and oxygen atoms in total. The van der Waals surface area contributed by atoms with Crippen LogP contribution in [0.15, 0.2) is 36.8 Å². The van der Waals surface area contributed by atoms with Gasteiger partial charge < -0.3 is 15.7 Å². The summed E-state index contributed by atoms with van der Waals surface area (Å²) >= 11 is 6.68. The molecule has 6 rings (SSSR count). The second-order valence-corrected chi connectivity index (χ2v) is 14.8. The Hall–Kier alpha value is -3.08. The number of benzene rings is 1. The van der Waals surface area contributed by atoms with E-state index in [1.807, 2.05) is 25.1 Å². The summed E-state index contributed by atoms with van der Waals surface area (Å²) in [6.07, 6.45) is 11.3. The van der Waals surface area contributed by atoms with Crippen LogP contribution in [0.1, 0.15) is 63.9 Å². The van der Waals surface area contributed by atoms with Crippen molar-refractivity contribution in [3.05, 3.63) is 58.8 Å².